The molecule has 1 N–H and O–H groups in total. The summed E-state index contributed by atoms with van der Waals surface area (Å²) in [4.78, 5) is 16.4. The van der Waals surface area contributed by atoms with Crippen LogP contribution in [0.4, 0.5) is 0 Å². The van der Waals surface area contributed by atoms with Crippen LogP contribution in [0.5, 0.6) is 5.75 Å². The Morgan fingerprint density at radius 3 is 2.62 bits per heavy atom. The first-order valence-corrected chi connectivity index (χ1v) is 9.25. The molecule has 0 spiro atoms. The molecule has 146 valence electrons. The summed E-state index contributed by atoms with van der Waals surface area (Å²) in [5, 5.41) is 9.86. The second-order valence-electron chi connectivity index (χ2n) is 7.20. The van der Waals surface area contributed by atoms with E-state index in [2.05, 4.69) is 4.90 Å². The number of hydrogen-bond donors (Lipinski definition) is 1. The number of carboxylic acid groups (broad SMARTS) is 1. The van der Waals surface area contributed by atoms with Gasteiger partial charge in [-0.3, -0.25) is 9.69 Å². The number of carboxylic acids is 1. The van der Waals surface area contributed by atoms with Gasteiger partial charge in [0.1, 0.15) is 11.8 Å². The zero-order valence-corrected chi connectivity index (χ0v) is 16.4. The van der Waals surface area contributed by atoms with Gasteiger partial charge in [0.2, 0.25) is 0 Å². The minimum Gasteiger partial charge on any atom is -0.496 e. The van der Waals surface area contributed by atoms with Crippen molar-refractivity contribution in [2.24, 2.45) is 5.92 Å². The fraction of sp³-hybridized carbons (Fsp3) is 0.650. The van der Waals surface area contributed by atoms with E-state index in [0.717, 1.165) is 56.8 Å². The number of ether oxygens (including phenoxy) is 2. The Hall–Kier alpha value is -1.63. The summed E-state index contributed by atoms with van der Waals surface area (Å²) in [5.41, 5.74) is 1.76. The molecule has 0 radical (unpaired) electrons. The molecule has 6 nitrogen and oxygen atoms in total. The van der Waals surface area contributed by atoms with E-state index in [1.165, 1.54) is 0 Å². The van der Waals surface area contributed by atoms with Crippen molar-refractivity contribution in [3.63, 3.8) is 0 Å². The summed E-state index contributed by atoms with van der Waals surface area (Å²) >= 11 is 0. The van der Waals surface area contributed by atoms with Gasteiger partial charge >= 0.3 is 5.97 Å². The van der Waals surface area contributed by atoms with Gasteiger partial charge in [-0.15, -0.1) is 0 Å². The highest BCUT2D eigenvalue weighted by atomic mass is 16.5. The molecule has 1 aromatic rings. The van der Waals surface area contributed by atoms with Crippen LogP contribution in [-0.2, 0) is 9.53 Å². The number of rotatable bonds is 9. The predicted octanol–water partition coefficient (Wildman–Crippen LogP) is 2.42. The number of benzene rings is 1. The summed E-state index contributed by atoms with van der Waals surface area (Å²) in [6.45, 7) is 6.57. The lowest BCUT2D eigenvalue weighted by atomic mass is 9.94. The van der Waals surface area contributed by atoms with Crippen molar-refractivity contribution in [2.45, 2.75) is 25.8 Å². The van der Waals surface area contributed by atoms with Crippen molar-refractivity contribution in [3.8, 4) is 5.75 Å². The van der Waals surface area contributed by atoms with Crippen LogP contribution in [0.3, 0.4) is 0 Å². The summed E-state index contributed by atoms with van der Waals surface area (Å²) in [7, 11) is 5.22. The monoisotopic (exact) mass is 364 g/mol. The van der Waals surface area contributed by atoms with Crippen molar-refractivity contribution in [2.75, 3.05) is 54.1 Å². The average Bonchev–Trinajstić information content (AvgIpc) is 2.61. The minimum absolute atomic E-state index is 0.511. The maximum absolute atomic E-state index is 12.0. The van der Waals surface area contributed by atoms with Crippen LogP contribution in [0.1, 0.15) is 30.0 Å². The largest absolute Gasteiger partial charge is 0.496 e. The van der Waals surface area contributed by atoms with Crippen molar-refractivity contribution in [1.82, 2.24) is 9.80 Å². The summed E-state index contributed by atoms with van der Waals surface area (Å²) in [6.07, 6.45) is 2.18. The second-order valence-corrected chi connectivity index (χ2v) is 7.20. The normalized spacial score (nSPS) is 17.4. The number of methoxy groups -OCH3 is 2. The molecule has 0 aliphatic carbocycles. The van der Waals surface area contributed by atoms with Crippen LogP contribution in [0, 0.1) is 12.8 Å². The number of aryl methyl sites for hydroxylation is 1. The summed E-state index contributed by atoms with van der Waals surface area (Å²) in [6, 6.07) is 5.01. The quantitative estimate of drug-likeness (QED) is 0.726. The molecule has 1 aromatic carbocycles. The van der Waals surface area contributed by atoms with Crippen molar-refractivity contribution >= 4 is 5.97 Å². The van der Waals surface area contributed by atoms with Crippen LogP contribution >= 0.6 is 0 Å². The van der Waals surface area contributed by atoms with Crippen molar-refractivity contribution < 1.29 is 19.4 Å². The molecule has 2 rings (SSSR count). The number of nitrogens with zero attached hydrogens (tertiary/aromatic N) is 2. The van der Waals surface area contributed by atoms with E-state index in [1.54, 1.807) is 14.2 Å². The van der Waals surface area contributed by atoms with E-state index in [9.17, 15) is 9.90 Å². The molecule has 1 fully saturated rings. The molecule has 0 saturated carbocycles. The highest BCUT2D eigenvalue weighted by molar-refractivity contribution is 5.76. The Labute approximate surface area is 156 Å². The van der Waals surface area contributed by atoms with Gasteiger partial charge in [0.05, 0.1) is 13.7 Å². The van der Waals surface area contributed by atoms with Crippen LogP contribution in [0.15, 0.2) is 18.2 Å². The Kier molecular flexibility index (Phi) is 7.87. The number of aliphatic carboxylic acids is 1. The molecule has 0 aromatic heterocycles. The molecule has 1 saturated heterocycles. The smallest absolute Gasteiger partial charge is 0.325 e. The maximum Gasteiger partial charge on any atom is 0.325 e. The lowest BCUT2D eigenvalue weighted by Crippen LogP contribution is -2.41. The standard InChI is InChI=1S/C20H32N2O4/c1-15-5-6-18(26-4)17(13-15)19(20(23)24)21(2)14-16-7-9-22(10-8-16)11-12-25-3/h5-6,13,16,19H,7-12,14H2,1-4H3,(H,23,24). The Bertz CT molecular complexity index is 585. The number of likely N-dealkylation sites (tertiary alicyclic amines) is 1. The topological polar surface area (TPSA) is 62.2 Å². The van der Waals surface area contributed by atoms with Gasteiger partial charge in [0.15, 0.2) is 0 Å². The Morgan fingerprint density at radius 1 is 1.35 bits per heavy atom. The average molecular weight is 364 g/mol. The van der Waals surface area contributed by atoms with Gasteiger partial charge in [-0.2, -0.15) is 0 Å². The maximum atomic E-state index is 12.0. The molecular weight excluding hydrogens is 332 g/mol. The van der Waals surface area contributed by atoms with Crippen LogP contribution in [0.2, 0.25) is 0 Å². The van der Waals surface area contributed by atoms with Gasteiger partial charge in [-0.05, 0) is 51.9 Å². The van der Waals surface area contributed by atoms with E-state index in [-0.39, 0.29) is 0 Å². The Balaban J connectivity index is 2.03. The van der Waals surface area contributed by atoms with Gasteiger partial charge in [0, 0.05) is 25.8 Å². The van der Waals surface area contributed by atoms with Crippen LogP contribution < -0.4 is 4.74 Å². The van der Waals surface area contributed by atoms with E-state index in [0.29, 0.717) is 11.7 Å². The molecule has 1 atom stereocenters. The van der Waals surface area contributed by atoms with E-state index < -0.39 is 12.0 Å². The third kappa shape index (κ3) is 5.43. The van der Waals surface area contributed by atoms with Crippen molar-refractivity contribution in [1.29, 1.82) is 0 Å². The fourth-order valence-electron chi connectivity index (χ4n) is 3.75. The third-order valence-corrected chi connectivity index (χ3v) is 5.22. The zero-order chi connectivity index (χ0) is 19.1. The SMILES string of the molecule is COCCN1CCC(CN(C)C(C(=O)O)c2cc(C)ccc2OC)CC1. The molecule has 1 aliphatic rings. The summed E-state index contributed by atoms with van der Waals surface area (Å²) in [5.74, 6) is 0.301. The number of carbonyl (C=O) groups is 1. The van der Waals surface area contributed by atoms with E-state index >= 15 is 0 Å². The first kappa shape index (κ1) is 20.7. The second kappa shape index (κ2) is 9.90. The molecular formula is C20H32N2O4. The predicted molar refractivity (Wildman–Crippen MR) is 102 cm³/mol. The van der Waals surface area contributed by atoms with Gasteiger partial charge in [0.25, 0.3) is 0 Å². The molecule has 26 heavy (non-hydrogen) atoms. The number of piperidine rings is 1. The zero-order valence-electron chi connectivity index (χ0n) is 16.4. The molecule has 0 amide bonds. The first-order valence-electron chi connectivity index (χ1n) is 9.25. The van der Waals surface area contributed by atoms with Crippen LogP contribution in [-0.4, -0.2) is 74.9 Å². The van der Waals surface area contributed by atoms with Crippen LogP contribution in [0.25, 0.3) is 0 Å². The van der Waals surface area contributed by atoms with Gasteiger partial charge < -0.3 is 19.5 Å². The first-order chi connectivity index (χ1) is 12.5. The highest BCUT2D eigenvalue weighted by Gasteiger charge is 2.30. The minimum atomic E-state index is -0.839. The molecule has 6 heteroatoms. The lowest BCUT2D eigenvalue weighted by molar-refractivity contribution is -0.143. The van der Waals surface area contributed by atoms with E-state index in [1.807, 2.05) is 37.1 Å². The van der Waals surface area contributed by atoms with Gasteiger partial charge in [-0.25, -0.2) is 0 Å². The lowest BCUT2D eigenvalue weighted by Gasteiger charge is -2.35. The number of likely N-dealkylation sites (N-methyl/N-ethyl adjacent to an activating group) is 1. The van der Waals surface area contributed by atoms with E-state index in [4.69, 9.17) is 9.47 Å². The molecule has 1 heterocycles. The summed E-state index contributed by atoms with van der Waals surface area (Å²) < 4.78 is 10.6. The number of hydrogen-bond acceptors (Lipinski definition) is 5. The fourth-order valence-corrected chi connectivity index (χ4v) is 3.75. The molecule has 1 aliphatic heterocycles. The highest BCUT2D eigenvalue weighted by Crippen LogP contribution is 2.31. The van der Waals surface area contributed by atoms with Gasteiger partial charge in [-0.1, -0.05) is 17.7 Å². The Morgan fingerprint density at radius 2 is 2.04 bits per heavy atom. The molecule has 1 unspecified atom stereocenters. The molecule has 0 bridgehead atoms. The van der Waals surface area contributed by atoms with Crippen molar-refractivity contribution in [3.05, 3.63) is 29.3 Å². The third-order valence-electron chi connectivity index (χ3n) is 5.22.